The van der Waals surface area contributed by atoms with Gasteiger partial charge in [0.2, 0.25) is 5.95 Å². The Labute approximate surface area is 195 Å². The third-order valence-corrected chi connectivity index (χ3v) is 9.19. The van der Waals surface area contributed by atoms with Gasteiger partial charge in [-0.3, -0.25) is 9.62 Å². The van der Waals surface area contributed by atoms with Crippen molar-refractivity contribution in [3.8, 4) is 0 Å². The molecule has 1 aromatic carbocycles. The van der Waals surface area contributed by atoms with Gasteiger partial charge in [-0.25, -0.2) is 22.2 Å². The number of rotatable bonds is 5. The number of nitrogens with zero attached hydrogens (tertiary/aromatic N) is 3. The number of halogens is 4. The summed E-state index contributed by atoms with van der Waals surface area (Å²) in [7, 11) is -4.73. The van der Waals surface area contributed by atoms with Gasteiger partial charge in [0.1, 0.15) is 16.7 Å². The highest BCUT2D eigenvalue weighted by molar-refractivity contribution is 7.92. The second kappa shape index (κ2) is 8.02. The van der Waals surface area contributed by atoms with E-state index in [4.69, 9.17) is 11.6 Å². The Morgan fingerprint density at radius 1 is 1.18 bits per heavy atom. The summed E-state index contributed by atoms with van der Waals surface area (Å²) in [6, 6.07) is 5.40. The van der Waals surface area contributed by atoms with Crippen LogP contribution in [-0.2, 0) is 10.0 Å². The summed E-state index contributed by atoms with van der Waals surface area (Å²) >= 11 is 6.24. The summed E-state index contributed by atoms with van der Waals surface area (Å²) in [5.74, 6) is -3.97. The lowest BCUT2D eigenvalue weighted by molar-refractivity contribution is -0.0728. The van der Waals surface area contributed by atoms with Crippen LogP contribution in [-0.4, -0.2) is 50.0 Å². The third-order valence-electron chi connectivity index (χ3n) is 7.44. The minimum Gasteiger partial charge on any atom is -0.370 e. The quantitative estimate of drug-likeness (QED) is 0.487. The normalized spacial score (nSPS) is 27.5. The first-order valence-corrected chi connectivity index (χ1v) is 12.8. The van der Waals surface area contributed by atoms with Crippen LogP contribution >= 0.6 is 11.6 Å². The Balaban J connectivity index is 1.41. The summed E-state index contributed by atoms with van der Waals surface area (Å²) in [6.45, 7) is 4.51. The molecule has 2 aromatic rings. The number of pyridine rings is 1. The second-order valence-electron chi connectivity index (χ2n) is 9.25. The highest BCUT2D eigenvalue weighted by Gasteiger charge is 2.55. The van der Waals surface area contributed by atoms with Crippen LogP contribution in [0.25, 0.3) is 0 Å². The van der Waals surface area contributed by atoms with E-state index >= 15 is 4.39 Å². The van der Waals surface area contributed by atoms with Gasteiger partial charge in [-0.15, -0.1) is 0 Å². The van der Waals surface area contributed by atoms with Crippen LogP contribution in [0.5, 0.6) is 0 Å². The van der Waals surface area contributed by atoms with Crippen molar-refractivity contribution in [3.05, 3.63) is 46.9 Å². The van der Waals surface area contributed by atoms with Crippen LogP contribution in [0.2, 0.25) is 5.02 Å². The number of nitrogens with one attached hydrogen (secondary N) is 1. The fourth-order valence-corrected chi connectivity index (χ4v) is 6.94. The predicted molar refractivity (Wildman–Crippen MR) is 119 cm³/mol. The summed E-state index contributed by atoms with van der Waals surface area (Å²) in [5.41, 5.74) is 0.217. The van der Waals surface area contributed by atoms with Gasteiger partial charge in [0.15, 0.2) is 10.7 Å². The van der Waals surface area contributed by atoms with Crippen LogP contribution in [0.3, 0.4) is 0 Å². The molecule has 2 aliphatic heterocycles. The van der Waals surface area contributed by atoms with Crippen LogP contribution in [0.1, 0.15) is 32.6 Å². The topological polar surface area (TPSA) is 65.5 Å². The fourth-order valence-electron chi connectivity index (χ4n) is 5.47. The van der Waals surface area contributed by atoms with E-state index < -0.39 is 43.3 Å². The molecule has 1 saturated carbocycles. The zero-order valence-corrected chi connectivity index (χ0v) is 19.6. The van der Waals surface area contributed by atoms with Gasteiger partial charge in [-0.1, -0.05) is 17.7 Å². The molecule has 1 aliphatic carbocycles. The van der Waals surface area contributed by atoms with E-state index in [2.05, 4.69) is 16.8 Å². The van der Waals surface area contributed by atoms with Crippen molar-refractivity contribution in [2.24, 2.45) is 5.41 Å². The molecule has 3 fully saturated rings. The molecule has 178 valence electrons. The SMILES string of the molecule is C[C@H]1CCN1C1CC[C@@]12CCN(c1cc(F)c(S(=O)(=O)Nc3cccc(F)n3)c(F)c1Cl)C2. The molecule has 0 radical (unpaired) electrons. The molecule has 2 saturated heterocycles. The van der Waals surface area contributed by atoms with E-state index in [0.29, 0.717) is 25.2 Å². The number of benzene rings is 1. The molecule has 3 heterocycles. The first kappa shape index (κ1) is 22.7. The molecular formula is C22H24ClF3N4O2S. The summed E-state index contributed by atoms with van der Waals surface area (Å²) in [4.78, 5) is 6.52. The molecular weight excluding hydrogens is 477 g/mol. The standard InChI is InChI=1S/C22H24ClF3N4O2S/c1-13-6-9-30(13)16-5-7-22(16)8-10-29(12-22)15-11-14(24)21(20(26)19(15)23)33(31,32)28-18-4-2-3-17(25)27-18/h2-4,11,13,16H,5-10,12H2,1H3,(H,27,28)/t13-,16?,22-/m0/s1. The molecule has 3 atom stereocenters. The van der Waals surface area contributed by atoms with Crippen LogP contribution in [0.4, 0.5) is 24.7 Å². The number of sulfonamides is 1. The van der Waals surface area contributed by atoms with E-state index in [0.717, 1.165) is 37.9 Å². The van der Waals surface area contributed by atoms with Crippen LogP contribution in [0.15, 0.2) is 29.2 Å². The Bertz CT molecular complexity index is 1210. The fraction of sp³-hybridized carbons (Fsp3) is 0.500. The molecule has 1 spiro atoms. The average Bonchev–Trinajstić information content (AvgIpc) is 3.20. The maximum Gasteiger partial charge on any atom is 0.268 e. The molecule has 5 rings (SSSR count). The monoisotopic (exact) mass is 500 g/mol. The van der Waals surface area contributed by atoms with Gasteiger partial charge >= 0.3 is 0 Å². The van der Waals surface area contributed by atoms with Gasteiger partial charge in [0.05, 0.1) is 5.69 Å². The van der Waals surface area contributed by atoms with Crippen molar-refractivity contribution < 1.29 is 21.6 Å². The molecule has 1 unspecified atom stereocenters. The Kier molecular flexibility index (Phi) is 5.53. The zero-order valence-electron chi connectivity index (χ0n) is 18.0. The first-order chi connectivity index (χ1) is 15.6. The summed E-state index contributed by atoms with van der Waals surface area (Å²) in [6.07, 6.45) is 4.25. The molecule has 3 aliphatic rings. The Hall–Kier alpha value is -2.04. The van der Waals surface area contributed by atoms with Crippen molar-refractivity contribution in [1.82, 2.24) is 9.88 Å². The second-order valence-corrected chi connectivity index (χ2v) is 11.2. The summed E-state index contributed by atoms with van der Waals surface area (Å²) in [5, 5.41) is -0.450. The minimum atomic E-state index is -4.73. The van der Waals surface area contributed by atoms with E-state index in [1.165, 1.54) is 18.6 Å². The van der Waals surface area contributed by atoms with Crippen molar-refractivity contribution in [2.75, 3.05) is 29.3 Å². The number of anilines is 2. The van der Waals surface area contributed by atoms with Gasteiger partial charge < -0.3 is 4.90 Å². The van der Waals surface area contributed by atoms with Crippen molar-refractivity contribution >= 4 is 33.1 Å². The molecule has 1 N–H and O–H groups in total. The van der Waals surface area contributed by atoms with E-state index in [9.17, 15) is 17.2 Å². The van der Waals surface area contributed by atoms with Crippen molar-refractivity contribution in [2.45, 2.75) is 49.6 Å². The third kappa shape index (κ3) is 3.76. The Morgan fingerprint density at radius 3 is 2.58 bits per heavy atom. The number of hydrogen-bond acceptors (Lipinski definition) is 5. The molecule has 0 amide bonds. The number of aromatic nitrogens is 1. The van der Waals surface area contributed by atoms with E-state index in [-0.39, 0.29) is 11.1 Å². The maximum atomic E-state index is 15.1. The maximum absolute atomic E-state index is 15.1. The lowest BCUT2D eigenvalue weighted by Gasteiger charge is -2.58. The number of likely N-dealkylation sites (tertiary alicyclic amines) is 1. The predicted octanol–water partition coefficient (Wildman–Crippen LogP) is 4.41. The average molecular weight is 501 g/mol. The smallest absolute Gasteiger partial charge is 0.268 e. The lowest BCUT2D eigenvalue weighted by atomic mass is 9.62. The van der Waals surface area contributed by atoms with Crippen molar-refractivity contribution in [3.63, 3.8) is 0 Å². The number of hydrogen-bond donors (Lipinski definition) is 1. The van der Waals surface area contributed by atoms with Crippen LogP contribution < -0.4 is 9.62 Å². The highest BCUT2D eigenvalue weighted by atomic mass is 35.5. The highest BCUT2D eigenvalue weighted by Crippen LogP contribution is 2.54. The molecule has 33 heavy (non-hydrogen) atoms. The van der Waals surface area contributed by atoms with Gasteiger partial charge in [0, 0.05) is 43.2 Å². The molecule has 11 heteroatoms. The largest absolute Gasteiger partial charge is 0.370 e. The minimum absolute atomic E-state index is 0.0698. The van der Waals surface area contributed by atoms with Gasteiger partial charge in [-0.2, -0.15) is 4.39 Å². The van der Waals surface area contributed by atoms with E-state index in [1.54, 1.807) is 0 Å². The zero-order chi connectivity index (χ0) is 23.5. The van der Waals surface area contributed by atoms with E-state index in [1.807, 2.05) is 9.62 Å². The molecule has 0 bridgehead atoms. The first-order valence-electron chi connectivity index (χ1n) is 10.9. The summed E-state index contributed by atoms with van der Waals surface area (Å²) < 4.78 is 70.6. The van der Waals surface area contributed by atoms with Crippen molar-refractivity contribution in [1.29, 1.82) is 0 Å². The lowest BCUT2D eigenvalue weighted by Crippen LogP contribution is -2.63. The van der Waals surface area contributed by atoms with Gasteiger partial charge in [0.25, 0.3) is 10.0 Å². The Morgan fingerprint density at radius 2 is 1.97 bits per heavy atom. The van der Waals surface area contributed by atoms with Gasteiger partial charge in [-0.05, 0) is 44.7 Å². The molecule has 6 nitrogen and oxygen atoms in total. The molecule has 1 aromatic heterocycles. The van der Waals surface area contributed by atoms with Crippen LogP contribution in [0, 0.1) is 23.0 Å².